The van der Waals surface area contributed by atoms with Gasteiger partial charge in [0.15, 0.2) is 0 Å². The summed E-state index contributed by atoms with van der Waals surface area (Å²) in [4.78, 5) is 16.1. The number of hydrogen-bond donors (Lipinski definition) is 0. The minimum atomic E-state index is -0.0726. The summed E-state index contributed by atoms with van der Waals surface area (Å²) in [5.41, 5.74) is 0.0398. The molecule has 1 aromatic rings. The molecule has 2 aliphatic rings. The number of aromatic nitrogens is 2. The zero-order valence-electron chi connectivity index (χ0n) is 10.6. The summed E-state index contributed by atoms with van der Waals surface area (Å²) in [7, 11) is 0. The average molecular weight is 395 g/mol. The Balaban J connectivity index is 1.73. The summed E-state index contributed by atoms with van der Waals surface area (Å²) < 4.78 is 8.32. The van der Waals surface area contributed by atoms with E-state index < -0.39 is 0 Å². The molecule has 2 heterocycles. The van der Waals surface area contributed by atoms with Crippen LogP contribution in [0.5, 0.6) is 0 Å². The Hall–Kier alpha value is -0.140. The molecule has 0 amide bonds. The van der Waals surface area contributed by atoms with Gasteiger partial charge in [0.05, 0.1) is 24.6 Å². The first-order chi connectivity index (χ1) is 9.10. The molecule has 0 aromatic carbocycles. The number of nitrogens with zero attached hydrogens (tertiary/aromatic N) is 2. The highest BCUT2D eigenvalue weighted by atomic mass is 127. The Bertz CT molecular complexity index is 540. The van der Waals surface area contributed by atoms with Gasteiger partial charge in [-0.15, -0.1) is 0 Å². The van der Waals surface area contributed by atoms with Crippen LogP contribution in [0.1, 0.15) is 38.5 Å². The lowest BCUT2D eigenvalue weighted by atomic mass is 9.98. The fourth-order valence-corrected chi connectivity index (χ4v) is 3.78. The molecule has 1 aliphatic carbocycles. The topological polar surface area (TPSA) is 44.1 Å². The van der Waals surface area contributed by atoms with Crippen LogP contribution >= 0.6 is 34.2 Å². The van der Waals surface area contributed by atoms with E-state index in [1.54, 1.807) is 4.57 Å². The highest BCUT2D eigenvalue weighted by Gasteiger charge is 2.42. The Morgan fingerprint density at radius 3 is 2.95 bits per heavy atom. The van der Waals surface area contributed by atoms with Crippen LogP contribution in [-0.2, 0) is 11.3 Å². The first-order valence-electron chi connectivity index (χ1n) is 6.68. The standard InChI is InChI=1S/C13H16ClIN2O2/c14-11-10(15)12(18)17(8-16-11)7-9-3-6-13(19-9)4-1-2-5-13/h8-9H,1-7H2. The van der Waals surface area contributed by atoms with Crippen molar-refractivity contribution in [2.45, 2.75) is 56.8 Å². The second kappa shape index (κ2) is 5.33. The van der Waals surface area contributed by atoms with Crippen molar-refractivity contribution < 1.29 is 4.74 Å². The maximum absolute atomic E-state index is 12.1. The molecule has 1 saturated carbocycles. The Kier molecular flexibility index (Phi) is 3.88. The van der Waals surface area contributed by atoms with Gasteiger partial charge in [0.2, 0.25) is 0 Å². The molecular formula is C13H16ClIN2O2. The van der Waals surface area contributed by atoms with E-state index in [0.717, 1.165) is 12.8 Å². The van der Waals surface area contributed by atoms with E-state index in [-0.39, 0.29) is 22.4 Å². The first-order valence-corrected chi connectivity index (χ1v) is 8.14. The van der Waals surface area contributed by atoms with Crippen LogP contribution in [0.15, 0.2) is 11.1 Å². The SMILES string of the molecule is O=c1c(I)c(Cl)ncn1CC1CCC2(CCCC2)O1. The number of ether oxygens (including phenoxy) is 1. The van der Waals surface area contributed by atoms with E-state index in [1.807, 2.05) is 22.6 Å². The van der Waals surface area contributed by atoms with Crippen molar-refractivity contribution >= 4 is 34.2 Å². The van der Waals surface area contributed by atoms with Gasteiger partial charge < -0.3 is 4.74 Å². The van der Waals surface area contributed by atoms with Crippen LogP contribution in [0.25, 0.3) is 0 Å². The van der Waals surface area contributed by atoms with Gasteiger partial charge in [-0.3, -0.25) is 9.36 Å². The van der Waals surface area contributed by atoms with Gasteiger partial charge in [-0.25, -0.2) is 4.98 Å². The molecule has 0 radical (unpaired) electrons. The number of rotatable bonds is 2. The quantitative estimate of drug-likeness (QED) is 0.572. The zero-order valence-corrected chi connectivity index (χ0v) is 13.5. The predicted octanol–water partition coefficient (Wildman–Crippen LogP) is 2.99. The minimum absolute atomic E-state index is 0.0726. The van der Waals surface area contributed by atoms with Crippen molar-refractivity contribution in [3.05, 3.63) is 25.4 Å². The van der Waals surface area contributed by atoms with Crippen LogP contribution in [0.3, 0.4) is 0 Å². The zero-order chi connectivity index (χ0) is 13.5. The van der Waals surface area contributed by atoms with Crippen molar-refractivity contribution in [1.29, 1.82) is 0 Å². The molecule has 2 fully saturated rings. The third kappa shape index (κ3) is 2.69. The van der Waals surface area contributed by atoms with Crippen molar-refractivity contribution in [2.75, 3.05) is 0 Å². The highest BCUT2D eigenvalue weighted by molar-refractivity contribution is 14.1. The van der Waals surface area contributed by atoms with Crippen LogP contribution in [0, 0.1) is 3.57 Å². The van der Waals surface area contributed by atoms with Crippen molar-refractivity contribution in [3.63, 3.8) is 0 Å². The smallest absolute Gasteiger partial charge is 0.268 e. The molecule has 6 heteroatoms. The van der Waals surface area contributed by atoms with E-state index in [4.69, 9.17) is 16.3 Å². The van der Waals surface area contributed by atoms with E-state index in [1.165, 1.54) is 32.0 Å². The lowest BCUT2D eigenvalue weighted by Crippen LogP contribution is -2.31. The van der Waals surface area contributed by atoms with E-state index in [0.29, 0.717) is 10.1 Å². The van der Waals surface area contributed by atoms with Gasteiger partial charge in [-0.05, 0) is 48.3 Å². The van der Waals surface area contributed by atoms with Gasteiger partial charge in [-0.1, -0.05) is 24.4 Å². The van der Waals surface area contributed by atoms with Crippen molar-refractivity contribution in [3.8, 4) is 0 Å². The van der Waals surface area contributed by atoms with Crippen LogP contribution in [-0.4, -0.2) is 21.3 Å². The fourth-order valence-electron chi connectivity index (χ4n) is 3.20. The second-order valence-corrected chi connectivity index (χ2v) is 6.91. The van der Waals surface area contributed by atoms with Gasteiger partial charge in [0, 0.05) is 0 Å². The minimum Gasteiger partial charge on any atom is -0.370 e. The second-order valence-electron chi connectivity index (χ2n) is 5.48. The molecule has 1 aliphatic heterocycles. The highest BCUT2D eigenvalue weighted by Crippen LogP contribution is 2.43. The molecule has 1 saturated heterocycles. The molecule has 1 spiro atoms. The van der Waals surface area contributed by atoms with Crippen LogP contribution in [0.4, 0.5) is 0 Å². The molecule has 104 valence electrons. The molecule has 1 aromatic heterocycles. The van der Waals surface area contributed by atoms with Gasteiger partial charge >= 0.3 is 0 Å². The van der Waals surface area contributed by atoms with Crippen LogP contribution < -0.4 is 5.56 Å². The van der Waals surface area contributed by atoms with Gasteiger partial charge in [-0.2, -0.15) is 0 Å². The molecule has 1 atom stereocenters. The van der Waals surface area contributed by atoms with Crippen LogP contribution in [0.2, 0.25) is 5.15 Å². The van der Waals surface area contributed by atoms with Crippen molar-refractivity contribution in [1.82, 2.24) is 9.55 Å². The van der Waals surface area contributed by atoms with E-state index >= 15 is 0 Å². The largest absolute Gasteiger partial charge is 0.370 e. The van der Waals surface area contributed by atoms with Gasteiger partial charge in [0.25, 0.3) is 5.56 Å². The number of halogens is 2. The monoisotopic (exact) mass is 394 g/mol. The summed E-state index contributed by atoms with van der Waals surface area (Å²) in [6.07, 6.45) is 8.71. The Labute approximate surface area is 130 Å². The Morgan fingerprint density at radius 1 is 1.47 bits per heavy atom. The number of hydrogen-bond acceptors (Lipinski definition) is 3. The maximum atomic E-state index is 12.1. The molecule has 4 nitrogen and oxygen atoms in total. The summed E-state index contributed by atoms with van der Waals surface area (Å²) in [5.74, 6) is 0. The Morgan fingerprint density at radius 2 is 2.21 bits per heavy atom. The fraction of sp³-hybridized carbons (Fsp3) is 0.692. The molecule has 3 rings (SSSR count). The summed E-state index contributed by atoms with van der Waals surface area (Å²) >= 11 is 7.78. The first kappa shape index (κ1) is 13.8. The van der Waals surface area contributed by atoms with E-state index in [9.17, 15) is 4.79 Å². The van der Waals surface area contributed by atoms with Gasteiger partial charge in [0.1, 0.15) is 8.72 Å². The molecule has 0 bridgehead atoms. The summed E-state index contributed by atoms with van der Waals surface area (Å²) in [6.45, 7) is 0.584. The van der Waals surface area contributed by atoms with E-state index in [2.05, 4.69) is 4.98 Å². The third-order valence-electron chi connectivity index (χ3n) is 4.19. The maximum Gasteiger partial charge on any atom is 0.268 e. The molecule has 0 N–H and O–H groups in total. The summed E-state index contributed by atoms with van der Waals surface area (Å²) in [6, 6.07) is 0. The van der Waals surface area contributed by atoms with Crippen molar-refractivity contribution in [2.24, 2.45) is 0 Å². The lowest BCUT2D eigenvalue weighted by molar-refractivity contribution is -0.0422. The summed E-state index contributed by atoms with van der Waals surface area (Å²) in [5, 5.41) is 0.279. The normalized spacial score (nSPS) is 25.3. The molecule has 19 heavy (non-hydrogen) atoms. The molecular weight excluding hydrogens is 379 g/mol. The average Bonchev–Trinajstić information content (AvgIpc) is 3.01. The molecule has 1 unspecified atom stereocenters. The third-order valence-corrected chi connectivity index (χ3v) is 5.77. The lowest BCUT2D eigenvalue weighted by Gasteiger charge is -2.24. The predicted molar refractivity (Wildman–Crippen MR) is 81.5 cm³/mol.